The van der Waals surface area contributed by atoms with Crippen molar-refractivity contribution in [3.05, 3.63) is 0 Å². The molecule has 1 aliphatic heterocycles. The van der Waals surface area contributed by atoms with E-state index < -0.39 is 15.6 Å². The van der Waals surface area contributed by atoms with E-state index in [0.29, 0.717) is 13.0 Å². The molecule has 0 radical (unpaired) electrons. The number of rotatable bonds is 3. The van der Waals surface area contributed by atoms with Crippen LogP contribution in [0.1, 0.15) is 6.42 Å². The summed E-state index contributed by atoms with van der Waals surface area (Å²) in [5.74, 6) is 0. The standard InChI is InChI=1S/C7H16N2O3S/c1-9-4-3-7(10,6-9)5-8-13(2,11)12/h8,10H,3-6H2,1-2H3. The molecule has 78 valence electrons. The SMILES string of the molecule is CN1CCC(O)(CNS(C)(=O)=O)C1. The fourth-order valence-electron chi connectivity index (χ4n) is 1.47. The van der Waals surface area contributed by atoms with Gasteiger partial charge in [-0.25, -0.2) is 13.1 Å². The average Bonchev–Trinajstić information content (AvgIpc) is 2.27. The van der Waals surface area contributed by atoms with E-state index in [0.717, 1.165) is 12.8 Å². The molecule has 0 aliphatic carbocycles. The van der Waals surface area contributed by atoms with Crippen molar-refractivity contribution in [1.82, 2.24) is 9.62 Å². The largest absolute Gasteiger partial charge is 0.387 e. The number of nitrogens with zero attached hydrogens (tertiary/aromatic N) is 1. The third-order valence-electron chi connectivity index (χ3n) is 2.19. The summed E-state index contributed by atoms with van der Waals surface area (Å²) >= 11 is 0. The molecule has 0 aromatic rings. The molecule has 6 heteroatoms. The highest BCUT2D eigenvalue weighted by Gasteiger charge is 2.34. The molecule has 0 aromatic heterocycles. The van der Waals surface area contributed by atoms with Gasteiger partial charge >= 0.3 is 0 Å². The number of β-amino-alcohol motifs (C(OH)–C–C–N with tert-alkyl or cyclic N) is 1. The van der Waals surface area contributed by atoms with Gasteiger partial charge in [0.25, 0.3) is 0 Å². The van der Waals surface area contributed by atoms with Gasteiger partial charge < -0.3 is 10.0 Å². The summed E-state index contributed by atoms with van der Waals surface area (Å²) in [7, 11) is -1.29. The second kappa shape index (κ2) is 3.53. The zero-order chi connectivity index (χ0) is 10.1. The first-order valence-electron chi connectivity index (χ1n) is 4.16. The molecule has 0 spiro atoms. The summed E-state index contributed by atoms with van der Waals surface area (Å²) in [4.78, 5) is 1.98. The van der Waals surface area contributed by atoms with Crippen molar-refractivity contribution in [2.45, 2.75) is 12.0 Å². The van der Waals surface area contributed by atoms with Gasteiger partial charge in [-0.2, -0.15) is 0 Å². The maximum atomic E-state index is 10.8. The summed E-state index contributed by atoms with van der Waals surface area (Å²) < 4.78 is 23.9. The lowest BCUT2D eigenvalue weighted by atomic mass is 10.0. The molecular formula is C7H16N2O3S. The minimum absolute atomic E-state index is 0.107. The van der Waals surface area contributed by atoms with Gasteiger partial charge in [0.2, 0.25) is 10.0 Å². The van der Waals surface area contributed by atoms with E-state index in [1.54, 1.807) is 0 Å². The molecule has 1 aliphatic rings. The second-order valence-electron chi connectivity index (χ2n) is 3.81. The summed E-state index contributed by atoms with van der Waals surface area (Å²) in [6, 6.07) is 0. The smallest absolute Gasteiger partial charge is 0.208 e. The van der Waals surface area contributed by atoms with Gasteiger partial charge in [-0.1, -0.05) is 0 Å². The molecular weight excluding hydrogens is 192 g/mol. The van der Waals surface area contributed by atoms with Gasteiger partial charge in [0.05, 0.1) is 11.9 Å². The number of hydrogen-bond acceptors (Lipinski definition) is 4. The summed E-state index contributed by atoms with van der Waals surface area (Å²) in [5, 5.41) is 9.86. The highest BCUT2D eigenvalue weighted by atomic mass is 32.2. The van der Waals surface area contributed by atoms with Crippen LogP contribution in [0.2, 0.25) is 0 Å². The van der Waals surface area contributed by atoms with Crippen molar-refractivity contribution in [2.75, 3.05) is 32.9 Å². The molecule has 1 fully saturated rings. The Morgan fingerprint density at radius 3 is 2.62 bits per heavy atom. The van der Waals surface area contributed by atoms with Gasteiger partial charge in [-0.3, -0.25) is 0 Å². The lowest BCUT2D eigenvalue weighted by Crippen LogP contribution is -2.44. The fourth-order valence-corrected chi connectivity index (χ4v) is 2.00. The van der Waals surface area contributed by atoms with Crippen molar-refractivity contribution in [2.24, 2.45) is 0 Å². The Hall–Kier alpha value is -0.170. The van der Waals surface area contributed by atoms with Gasteiger partial charge in [-0.05, 0) is 13.5 Å². The van der Waals surface area contributed by atoms with Gasteiger partial charge in [0, 0.05) is 19.6 Å². The van der Waals surface area contributed by atoms with E-state index in [2.05, 4.69) is 4.72 Å². The minimum Gasteiger partial charge on any atom is -0.387 e. The van der Waals surface area contributed by atoms with E-state index >= 15 is 0 Å². The molecule has 1 rings (SSSR count). The van der Waals surface area contributed by atoms with E-state index in [1.807, 2.05) is 11.9 Å². The third kappa shape index (κ3) is 3.60. The van der Waals surface area contributed by atoms with Crippen molar-refractivity contribution >= 4 is 10.0 Å². The maximum Gasteiger partial charge on any atom is 0.208 e. The number of likely N-dealkylation sites (tertiary alicyclic amines) is 1. The first kappa shape index (κ1) is 10.9. The Kier molecular flexibility index (Phi) is 2.96. The van der Waals surface area contributed by atoms with Crippen LogP contribution >= 0.6 is 0 Å². The predicted molar refractivity (Wildman–Crippen MR) is 49.9 cm³/mol. The lowest BCUT2D eigenvalue weighted by Gasteiger charge is -2.21. The van der Waals surface area contributed by atoms with Crippen molar-refractivity contribution in [3.8, 4) is 0 Å². The van der Waals surface area contributed by atoms with Crippen molar-refractivity contribution in [3.63, 3.8) is 0 Å². The average molecular weight is 208 g/mol. The van der Waals surface area contributed by atoms with Gasteiger partial charge in [-0.15, -0.1) is 0 Å². The van der Waals surface area contributed by atoms with Crippen LogP contribution in [0.3, 0.4) is 0 Å². The van der Waals surface area contributed by atoms with Crippen LogP contribution in [0.4, 0.5) is 0 Å². The Labute approximate surface area is 78.8 Å². The van der Waals surface area contributed by atoms with Crippen LogP contribution in [0.25, 0.3) is 0 Å². The first-order valence-corrected chi connectivity index (χ1v) is 6.05. The molecule has 1 atom stereocenters. The number of aliphatic hydroxyl groups is 1. The number of sulfonamides is 1. The molecule has 0 bridgehead atoms. The van der Waals surface area contributed by atoms with Gasteiger partial charge in [0.1, 0.15) is 0 Å². The fraction of sp³-hybridized carbons (Fsp3) is 1.00. The Morgan fingerprint density at radius 1 is 1.62 bits per heavy atom. The van der Waals surface area contributed by atoms with Crippen LogP contribution in [0.5, 0.6) is 0 Å². The summed E-state index contributed by atoms with van der Waals surface area (Å²) in [6.45, 7) is 1.44. The topological polar surface area (TPSA) is 69.6 Å². The van der Waals surface area contributed by atoms with Crippen LogP contribution in [0.15, 0.2) is 0 Å². The Bertz CT molecular complexity index is 277. The zero-order valence-corrected chi connectivity index (χ0v) is 8.76. The molecule has 2 N–H and O–H groups in total. The third-order valence-corrected chi connectivity index (χ3v) is 2.86. The molecule has 0 saturated carbocycles. The first-order chi connectivity index (χ1) is 5.81. The van der Waals surface area contributed by atoms with Crippen molar-refractivity contribution in [1.29, 1.82) is 0 Å². The van der Waals surface area contributed by atoms with E-state index in [-0.39, 0.29) is 6.54 Å². The lowest BCUT2D eigenvalue weighted by molar-refractivity contribution is 0.0572. The molecule has 5 nitrogen and oxygen atoms in total. The van der Waals surface area contributed by atoms with Gasteiger partial charge in [0.15, 0.2) is 0 Å². The van der Waals surface area contributed by atoms with E-state index in [4.69, 9.17) is 0 Å². The molecule has 0 amide bonds. The quantitative estimate of drug-likeness (QED) is 0.598. The minimum atomic E-state index is -3.20. The van der Waals surface area contributed by atoms with Crippen LogP contribution in [0, 0.1) is 0 Å². The summed E-state index contributed by atoms with van der Waals surface area (Å²) in [5.41, 5.74) is -0.891. The molecule has 13 heavy (non-hydrogen) atoms. The number of nitrogens with one attached hydrogen (secondary N) is 1. The molecule has 0 aromatic carbocycles. The number of hydrogen-bond donors (Lipinski definition) is 2. The summed E-state index contributed by atoms with van der Waals surface area (Å²) in [6.07, 6.45) is 1.71. The molecule has 1 heterocycles. The van der Waals surface area contributed by atoms with Crippen LogP contribution < -0.4 is 4.72 Å². The Morgan fingerprint density at radius 2 is 2.23 bits per heavy atom. The predicted octanol–water partition coefficient (Wildman–Crippen LogP) is -1.40. The second-order valence-corrected chi connectivity index (χ2v) is 5.64. The maximum absolute atomic E-state index is 10.8. The normalized spacial score (nSPS) is 31.0. The number of likely N-dealkylation sites (N-methyl/N-ethyl adjacent to an activating group) is 1. The van der Waals surface area contributed by atoms with Crippen LogP contribution in [-0.2, 0) is 10.0 Å². The highest BCUT2D eigenvalue weighted by molar-refractivity contribution is 7.88. The van der Waals surface area contributed by atoms with Crippen LogP contribution in [-0.4, -0.2) is 57.0 Å². The zero-order valence-electron chi connectivity index (χ0n) is 7.95. The van der Waals surface area contributed by atoms with E-state index in [9.17, 15) is 13.5 Å². The Balaban J connectivity index is 2.45. The molecule has 1 unspecified atom stereocenters. The van der Waals surface area contributed by atoms with Crippen molar-refractivity contribution < 1.29 is 13.5 Å². The van der Waals surface area contributed by atoms with E-state index in [1.165, 1.54) is 0 Å². The molecule has 1 saturated heterocycles. The highest BCUT2D eigenvalue weighted by Crippen LogP contribution is 2.18. The monoisotopic (exact) mass is 208 g/mol.